The summed E-state index contributed by atoms with van der Waals surface area (Å²) in [5.41, 5.74) is 2.94. The van der Waals surface area contributed by atoms with Crippen molar-refractivity contribution in [2.75, 3.05) is 11.9 Å². The third-order valence-corrected chi connectivity index (χ3v) is 7.91. The number of anilines is 1. The zero-order chi connectivity index (χ0) is 33.1. The van der Waals surface area contributed by atoms with Crippen molar-refractivity contribution in [1.82, 2.24) is 20.5 Å². The number of benzene rings is 3. The Labute approximate surface area is 268 Å². The highest BCUT2D eigenvalue weighted by Crippen LogP contribution is 2.24. The minimum absolute atomic E-state index is 0.198. The van der Waals surface area contributed by atoms with E-state index in [4.69, 9.17) is 4.74 Å². The summed E-state index contributed by atoms with van der Waals surface area (Å²) >= 11 is 0. The molecule has 4 amide bonds. The quantitative estimate of drug-likeness (QED) is 0.211. The fourth-order valence-electron chi connectivity index (χ4n) is 5.50. The van der Waals surface area contributed by atoms with Crippen LogP contribution in [0, 0.1) is 0 Å². The molecule has 2 heterocycles. The Hall–Kier alpha value is -5.12. The summed E-state index contributed by atoms with van der Waals surface area (Å²) in [6.45, 7) is 9.14. The highest BCUT2D eigenvalue weighted by molar-refractivity contribution is 6.04. The largest absolute Gasteiger partial charge is 0.444 e. The standard InChI is InChI=1S/C36H41N5O5/c1-35(2,3)46-34(45)40-36(4,5)33(44)39-30(20-26-21-37-29-14-10-9-13-28(26)29)32(43)41-18-17-23-19-24(15-16-25(23)22-41)31(42)38-27-11-7-6-8-12-27/h6-16,19,21,30,37H,17-18,20,22H2,1-5H3,(H,38,42)(H,39,44)(H,40,45)/t30-/m1/s1. The minimum Gasteiger partial charge on any atom is -0.444 e. The van der Waals surface area contributed by atoms with E-state index in [1.54, 1.807) is 45.6 Å². The molecule has 1 aliphatic rings. The third-order valence-electron chi connectivity index (χ3n) is 7.91. The number of rotatable bonds is 8. The molecule has 0 saturated carbocycles. The van der Waals surface area contributed by atoms with Gasteiger partial charge in [0.15, 0.2) is 0 Å². The smallest absolute Gasteiger partial charge is 0.408 e. The van der Waals surface area contributed by atoms with E-state index in [0.29, 0.717) is 25.1 Å². The number of nitrogens with zero attached hydrogens (tertiary/aromatic N) is 1. The Morgan fingerprint density at radius 1 is 0.913 bits per heavy atom. The number of carbonyl (C=O) groups is 4. The summed E-state index contributed by atoms with van der Waals surface area (Å²) in [7, 11) is 0. The number of nitrogens with one attached hydrogen (secondary N) is 4. The summed E-state index contributed by atoms with van der Waals surface area (Å²) in [5.74, 6) is -0.942. The predicted octanol–water partition coefficient (Wildman–Crippen LogP) is 5.34. The Morgan fingerprint density at radius 2 is 1.63 bits per heavy atom. The van der Waals surface area contributed by atoms with Crippen molar-refractivity contribution in [2.24, 2.45) is 0 Å². The van der Waals surface area contributed by atoms with Crippen LogP contribution in [0.3, 0.4) is 0 Å². The molecule has 0 aliphatic carbocycles. The first kappa shape index (κ1) is 32.3. The Bertz CT molecular complexity index is 1760. The van der Waals surface area contributed by atoms with Gasteiger partial charge in [-0.3, -0.25) is 14.4 Å². The molecule has 5 rings (SSSR count). The summed E-state index contributed by atoms with van der Waals surface area (Å²) in [4.78, 5) is 58.1. The van der Waals surface area contributed by atoms with E-state index in [-0.39, 0.29) is 18.2 Å². The topological polar surface area (TPSA) is 133 Å². The van der Waals surface area contributed by atoms with Gasteiger partial charge >= 0.3 is 6.09 Å². The molecule has 0 unspecified atom stereocenters. The van der Waals surface area contributed by atoms with Gasteiger partial charge in [-0.15, -0.1) is 0 Å². The van der Waals surface area contributed by atoms with Crippen LogP contribution in [0.2, 0.25) is 0 Å². The number of aromatic nitrogens is 1. The first-order chi connectivity index (χ1) is 21.8. The molecule has 46 heavy (non-hydrogen) atoms. The van der Waals surface area contributed by atoms with Crippen LogP contribution in [-0.4, -0.2) is 57.4 Å². The fraction of sp³-hybridized carbons (Fsp3) is 0.333. The van der Waals surface area contributed by atoms with Gasteiger partial charge in [0.05, 0.1) is 0 Å². The van der Waals surface area contributed by atoms with Crippen molar-refractivity contribution in [3.63, 3.8) is 0 Å². The van der Waals surface area contributed by atoms with Crippen LogP contribution < -0.4 is 16.0 Å². The molecular formula is C36H41N5O5. The number of aromatic amines is 1. The molecule has 0 spiro atoms. The number of H-pyrrole nitrogens is 1. The SMILES string of the molecule is CC(C)(C)OC(=O)NC(C)(C)C(=O)N[C@H](Cc1c[nH]c2ccccc12)C(=O)N1CCc2cc(C(=O)Nc3ccccc3)ccc2C1. The molecule has 1 aliphatic heterocycles. The molecule has 10 heteroatoms. The number of hydrogen-bond acceptors (Lipinski definition) is 5. The van der Waals surface area contributed by atoms with Crippen LogP contribution in [0.25, 0.3) is 10.9 Å². The van der Waals surface area contributed by atoms with E-state index in [1.165, 1.54) is 0 Å². The fourth-order valence-corrected chi connectivity index (χ4v) is 5.50. The lowest BCUT2D eigenvalue weighted by atomic mass is 9.95. The van der Waals surface area contributed by atoms with Gasteiger partial charge in [-0.1, -0.05) is 42.5 Å². The maximum atomic E-state index is 14.1. The van der Waals surface area contributed by atoms with E-state index >= 15 is 0 Å². The Kier molecular flexibility index (Phi) is 9.18. The lowest BCUT2D eigenvalue weighted by Crippen LogP contribution is -2.60. The molecule has 0 saturated heterocycles. The monoisotopic (exact) mass is 623 g/mol. The van der Waals surface area contributed by atoms with E-state index in [0.717, 1.165) is 33.3 Å². The lowest BCUT2D eigenvalue weighted by molar-refractivity contribution is -0.138. The average molecular weight is 624 g/mol. The number of amides is 4. The van der Waals surface area contributed by atoms with Crippen LogP contribution in [0.1, 0.15) is 61.7 Å². The maximum Gasteiger partial charge on any atom is 0.408 e. The first-order valence-electron chi connectivity index (χ1n) is 15.4. The summed E-state index contributed by atoms with van der Waals surface area (Å²) < 4.78 is 5.36. The van der Waals surface area contributed by atoms with E-state index in [1.807, 2.05) is 72.9 Å². The number of para-hydroxylation sites is 2. The van der Waals surface area contributed by atoms with Gasteiger partial charge in [-0.05, 0) is 88.1 Å². The van der Waals surface area contributed by atoms with E-state index < -0.39 is 29.2 Å². The average Bonchev–Trinajstić information content (AvgIpc) is 3.41. The van der Waals surface area contributed by atoms with Crippen LogP contribution in [0.4, 0.5) is 10.5 Å². The Morgan fingerprint density at radius 3 is 2.37 bits per heavy atom. The summed E-state index contributed by atoms with van der Waals surface area (Å²) in [5, 5.41) is 9.44. The molecule has 10 nitrogen and oxygen atoms in total. The van der Waals surface area contributed by atoms with Gasteiger partial charge in [0.2, 0.25) is 11.8 Å². The number of ether oxygens (including phenoxy) is 1. The molecule has 3 aromatic carbocycles. The second-order valence-electron chi connectivity index (χ2n) is 13.2. The minimum atomic E-state index is -1.35. The van der Waals surface area contributed by atoms with Gasteiger partial charge in [0.25, 0.3) is 5.91 Å². The molecule has 1 atom stereocenters. The highest BCUT2D eigenvalue weighted by atomic mass is 16.6. The number of hydrogen-bond donors (Lipinski definition) is 4. The number of alkyl carbamates (subject to hydrolysis) is 1. The number of carbonyl (C=O) groups excluding carboxylic acids is 4. The van der Waals surface area contributed by atoms with Gasteiger partial charge < -0.3 is 30.6 Å². The molecule has 1 aromatic heterocycles. The third kappa shape index (κ3) is 7.74. The van der Waals surface area contributed by atoms with Crippen molar-refractivity contribution in [3.05, 3.63) is 101 Å². The molecule has 0 bridgehead atoms. The van der Waals surface area contributed by atoms with Gasteiger partial charge in [-0.25, -0.2) is 4.79 Å². The lowest BCUT2D eigenvalue weighted by Gasteiger charge is -2.34. The highest BCUT2D eigenvalue weighted by Gasteiger charge is 2.36. The second kappa shape index (κ2) is 13.1. The van der Waals surface area contributed by atoms with Crippen molar-refractivity contribution in [3.8, 4) is 0 Å². The molecule has 4 N–H and O–H groups in total. The predicted molar refractivity (Wildman–Crippen MR) is 177 cm³/mol. The van der Waals surface area contributed by atoms with Crippen LogP contribution in [0.5, 0.6) is 0 Å². The van der Waals surface area contributed by atoms with Crippen molar-refractivity contribution >= 4 is 40.4 Å². The summed E-state index contributed by atoms with van der Waals surface area (Å²) in [6.07, 6.45) is 1.94. The Balaban J connectivity index is 1.33. The number of fused-ring (bicyclic) bond motifs is 2. The molecule has 0 fully saturated rings. The van der Waals surface area contributed by atoms with Crippen LogP contribution in [-0.2, 0) is 33.7 Å². The van der Waals surface area contributed by atoms with E-state index in [9.17, 15) is 19.2 Å². The molecule has 0 radical (unpaired) electrons. The van der Waals surface area contributed by atoms with Crippen molar-refractivity contribution < 1.29 is 23.9 Å². The normalized spacial score (nSPS) is 13.8. The zero-order valence-corrected chi connectivity index (χ0v) is 26.9. The molecule has 240 valence electrons. The molecular weight excluding hydrogens is 582 g/mol. The van der Waals surface area contributed by atoms with Crippen LogP contribution >= 0.6 is 0 Å². The van der Waals surface area contributed by atoms with Gasteiger partial charge in [-0.2, -0.15) is 0 Å². The van der Waals surface area contributed by atoms with E-state index in [2.05, 4.69) is 20.9 Å². The van der Waals surface area contributed by atoms with Gasteiger partial charge in [0.1, 0.15) is 17.2 Å². The van der Waals surface area contributed by atoms with Crippen LogP contribution in [0.15, 0.2) is 79.0 Å². The summed E-state index contributed by atoms with van der Waals surface area (Å²) in [6, 6.07) is 21.7. The van der Waals surface area contributed by atoms with Crippen molar-refractivity contribution in [1.29, 1.82) is 0 Å². The van der Waals surface area contributed by atoms with Crippen molar-refractivity contribution in [2.45, 2.75) is 71.2 Å². The molecule has 4 aromatic rings. The first-order valence-corrected chi connectivity index (χ1v) is 15.4. The maximum absolute atomic E-state index is 14.1. The van der Waals surface area contributed by atoms with Gasteiger partial charge in [0, 0.05) is 47.9 Å². The zero-order valence-electron chi connectivity index (χ0n) is 26.9. The second-order valence-corrected chi connectivity index (χ2v) is 13.2.